The van der Waals surface area contributed by atoms with E-state index in [4.69, 9.17) is 4.74 Å². The van der Waals surface area contributed by atoms with Gasteiger partial charge in [0.25, 0.3) is 5.91 Å². The Hall–Kier alpha value is -4.72. The van der Waals surface area contributed by atoms with Crippen molar-refractivity contribution in [3.63, 3.8) is 0 Å². The Kier molecular flexibility index (Phi) is 9.12. The molecule has 2 amide bonds. The summed E-state index contributed by atoms with van der Waals surface area (Å²) in [5, 5.41) is 8.98. The second-order valence-corrected chi connectivity index (χ2v) is 10.5. The molecule has 8 heteroatoms. The third-order valence-electron chi connectivity index (χ3n) is 7.90. The number of anilines is 1. The number of hydrogen-bond acceptors (Lipinski definition) is 6. The average molecular weight is 564 g/mol. The predicted octanol–water partition coefficient (Wildman–Crippen LogP) is 5.41. The Labute approximate surface area is 247 Å². The molecule has 0 N–H and O–H groups in total. The first-order valence-electron chi connectivity index (χ1n) is 14.4. The number of aromatic nitrogens is 2. The van der Waals surface area contributed by atoms with Gasteiger partial charge < -0.3 is 19.4 Å². The Morgan fingerprint density at radius 1 is 0.833 bits per heavy atom. The fourth-order valence-electron chi connectivity index (χ4n) is 5.11. The van der Waals surface area contributed by atoms with Crippen LogP contribution in [0, 0.1) is 0 Å². The standard InChI is InChI=1S/C34H37N5O3/c1-4-25(2)39(34(41)29-11-8-12-30(23-29)42-3)24-33(40)38-21-19-37(20-22-38)32-18-17-31(35-36-32)28-15-13-27(14-16-28)26-9-6-5-7-10-26/h5-18,23,25H,4,19-22,24H2,1-3H3/t25-/m1/s1. The van der Waals surface area contributed by atoms with Gasteiger partial charge in [0.2, 0.25) is 5.91 Å². The molecular weight excluding hydrogens is 526 g/mol. The minimum Gasteiger partial charge on any atom is -0.497 e. The van der Waals surface area contributed by atoms with Gasteiger partial charge in [-0.1, -0.05) is 67.6 Å². The molecule has 1 atom stereocenters. The van der Waals surface area contributed by atoms with E-state index in [9.17, 15) is 9.59 Å². The van der Waals surface area contributed by atoms with Crippen LogP contribution in [-0.2, 0) is 4.79 Å². The molecule has 1 fully saturated rings. The molecule has 8 nitrogen and oxygen atoms in total. The van der Waals surface area contributed by atoms with E-state index < -0.39 is 0 Å². The van der Waals surface area contributed by atoms with Gasteiger partial charge >= 0.3 is 0 Å². The van der Waals surface area contributed by atoms with E-state index in [0.29, 0.717) is 37.5 Å². The second-order valence-electron chi connectivity index (χ2n) is 10.5. The molecule has 216 valence electrons. The van der Waals surface area contributed by atoms with Crippen molar-refractivity contribution in [3.05, 3.63) is 96.6 Å². The van der Waals surface area contributed by atoms with Gasteiger partial charge in [0, 0.05) is 43.3 Å². The molecule has 0 aliphatic carbocycles. The van der Waals surface area contributed by atoms with Gasteiger partial charge in [0.1, 0.15) is 12.3 Å². The highest BCUT2D eigenvalue weighted by atomic mass is 16.5. The van der Waals surface area contributed by atoms with Crippen molar-refractivity contribution in [2.75, 3.05) is 44.7 Å². The summed E-state index contributed by atoms with van der Waals surface area (Å²) in [6.07, 6.45) is 0.753. The van der Waals surface area contributed by atoms with Crippen LogP contribution in [0.15, 0.2) is 91.0 Å². The van der Waals surface area contributed by atoms with Crippen LogP contribution in [0.3, 0.4) is 0 Å². The molecule has 0 unspecified atom stereocenters. The zero-order chi connectivity index (χ0) is 29.5. The van der Waals surface area contributed by atoms with Crippen LogP contribution in [0.25, 0.3) is 22.4 Å². The van der Waals surface area contributed by atoms with E-state index in [-0.39, 0.29) is 24.4 Å². The Morgan fingerprint density at radius 2 is 1.52 bits per heavy atom. The Balaban J connectivity index is 1.18. The molecule has 0 radical (unpaired) electrons. The summed E-state index contributed by atoms with van der Waals surface area (Å²) in [7, 11) is 1.57. The molecule has 0 spiro atoms. The van der Waals surface area contributed by atoms with E-state index in [2.05, 4.69) is 51.5 Å². The summed E-state index contributed by atoms with van der Waals surface area (Å²) >= 11 is 0. The van der Waals surface area contributed by atoms with Crippen molar-refractivity contribution in [1.29, 1.82) is 0 Å². The third-order valence-corrected chi connectivity index (χ3v) is 7.90. The number of nitrogens with zero attached hydrogens (tertiary/aromatic N) is 5. The molecule has 3 aromatic carbocycles. The predicted molar refractivity (Wildman–Crippen MR) is 165 cm³/mol. The molecule has 1 aromatic heterocycles. The maximum absolute atomic E-state index is 13.4. The van der Waals surface area contributed by atoms with Gasteiger partial charge in [-0.2, -0.15) is 0 Å². The van der Waals surface area contributed by atoms with Crippen LogP contribution in [0.2, 0.25) is 0 Å². The van der Waals surface area contributed by atoms with Crippen molar-refractivity contribution in [2.24, 2.45) is 0 Å². The Morgan fingerprint density at radius 3 is 2.17 bits per heavy atom. The summed E-state index contributed by atoms with van der Waals surface area (Å²) in [6.45, 7) is 6.46. The molecule has 0 bridgehead atoms. The zero-order valence-corrected chi connectivity index (χ0v) is 24.4. The van der Waals surface area contributed by atoms with Gasteiger partial charge in [-0.05, 0) is 54.8 Å². The number of carbonyl (C=O) groups excluding carboxylic acids is 2. The maximum atomic E-state index is 13.4. The van der Waals surface area contributed by atoms with Crippen molar-refractivity contribution in [3.8, 4) is 28.1 Å². The number of piperazine rings is 1. The lowest BCUT2D eigenvalue weighted by molar-refractivity contribution is -0.132. The van der Waals surface area contributed by atoms with Crippen LogP contribution < -0.4 is 9.64 Å². The molecule has 1 aliphatic rings. The van der Waals surface area contributed by atoms with E-state index in [1.165, 1.54) is 5.56 Å². The first-order valence-corrected chi connectivity index (χ1v) is 14.4. The fourth-order valence-corrected chi connectivity index (χ4v) is 5.11. The largest absolute Gasteiger partial charge is 0.497 e. The van der Waals surface area contributed by atoms with E-state index in [0.717, 1.165) is 29.1 Å². The van der Waals surface area contributed by atoms with Crippen molar-refractivity contribution in [2.45, 2.75) is 26.3 Å². The number of amides is 2. The number of rotatable bonds is 9. The lowest BCUT2D eigenvalue weighted by Crippen LogP contribution is -2.53. The van der Waals surface area contributed by atoms with Crippen molar-refractivity contribution >= 4 is 17.6 Å². The van der Waals surface area contributed by atoms with E-state index >= 15 is 0 Å². The summed E-state index contributed by atoms with van der Waals surface area (Å²) in [5.74, 6) is 1.19. The third kappa shape index (κ3) is 6.60. The lowest BCUT2D eigenvalue weighted by atomic mass is 10.0. The van der Waals surface area contributed by atoms with Gasteiger partial charge in [-0.15, -0.1) is 10.2 Å². The normalized spacial score (nSPS) is 13.9. The monoisotopic (exact) mass is 563 g/mol. The molecule has 42 heavy (non-hydrogen) atoms. The van der Waals surface area contributed by atoms with E-state index in [1.54, 1.807) is 36.3 Å². The summed E-state index contributed by atoms with van der Waals surface area (Å²) < 4.78 is 5.28. The molecule has 0 saturated carbocycles. The maximum Gasteiger partial charge on any atom is 0.254 e. The fraction of sp³-hybridized carbons (Fsp3) is 0.294. The zero-order valence-electron chi connectivity index (χ0n) is 24.4. The number of hydrogen-bond donors (Lipinski definition) is 0. The van der Waals surface area contributed by atoms with Crippen LogP contribution in [0.4, 0.5) is 5.82 Å². The number of methoxy groups -OCH3 is 1. The lowest BCUT2D eigenvalue weighted by Gasteiger charge is -2.37. The van der Waals surface area contributed by atoms with Gasteiger partial charge in [0.05, 0.1) is 12.8 Å². The summed E-state index contributed by atoms with van der Waals surface area (Å²) in [4.78, 5) is 32.3. The van der Waals surface area contributed by atoms with Crippen LogP contribution in [-0.4, -0.2) is 77.7 Å². The minimum absolute atomic E-state index is 0.0443. The SMILES string of the molecule is CC[C@@H](C)N(CC(=O)N1CCN(c2ccc(-c3ccc(-c4ccccc4)cc3)nn2)CC1)C(=O)c1cccc(OC)c1. The smallest absolute Gasteiger partial charge is 0.254 e. The van der Waals surface area contributed by atoms with Gasteiger partial charge in [0.15, 0.2) is 5.82 Å². The second kappa shape index (κ2) is 13.3. The topological polar surface area (TPSA) is 78.9 Å². The molecule has 1 aliphatic heterocycles. The highest BCUT2D eigenvalue weighted by molar-refractivity contribution is 5.97. The molecule has 4 aromatic rings. The number of carbonyl (C=O) groups is 2. The van der Waals surface area contributed by atoms with Crippen LogP contribution >= 0.6 is 0 Å². The summed E-state index contributed by atoms with van der Waals surface area (Å²) in [5.41, 5.74) is 4.69. The molecule has 5 rings (SSSR count). The van der Waals surface area contributed by atoms with Crippen LogP contribution in [0.5, 0.6) is 5.75 Å². The first-order chi connectivity index (χ1) is 20.5. The van der Waals surface area contributed by atoms with Gasteiger partial charge in [-0.3, -0.25) is 9.59 Å². The quantitative estimate of drug-likeness (QED) is 0.271. The minimum atomic E-state index is -0.166. The number of ether oxygens (including phenoxy) is 1. The van der Waals surface area contributed by atoms with Crippen molar-refractivity contribution in [1.82, 2.24) is 20.0 Å². The highest BCUT2D eigenvalue weighted by Gasteiger charge is 2.28. The number of benzene rings is 3. The van der Waals surface area contributed by atoms with E-state index in [1.807, 2.05) is 49.1 Å². The Bertz CT molecular complexity index is 1480. The highest BCUT2D eigenvalue weighted by Crippen LogP contribution is 2.25. The molecule has 2 heterocycles. The molecule has 1 saturated heterocycles. The van der Waals surface area contributed by atoms with Crippen LogP contribution in [0.1, 0.15) is 30.6 Å². The summed E-state index contributed by atoms with van der Waals surface area (Å²) in [6, 6.07) is 29.6. The van der Waals surface area contributed by atoms with Gasteiger partial charge in [-0.25, -0.2) is 0 Å². The first kappa shape index (κ1) is 28.8. The van der Waals surface area contributed by atoms with Crippen molar-refractivity contribution < 1.29 is 14.3 Å². The molecular formula is C34H37N5O3. The average Bonchev–Trinajstić information content (AvgIpc) is 3.07.